The highest BCUT2D eigenvalue weighted by molar-refractivity contribution is 7.85. The molecule has 0 radical (unpaired) electrons. The largest absolute Gasteiger partial charge is 0.748 e. The summed E-state index contributed by atoms with van der Waals surface area (Å²) in [5.74, 6) is 3.45. The minimum Gasteiger partial charge on any atom is -0.748 e. The molecule has 130 valence electrons. The maximum Gasteiger partial charge on any atom is 0.302 e. The van der Waals surface area contributed by atoms with Gasteiger partial charge in [0.25, 0.3) is 0 Å². The van der Waals surface area contributed by atoms with Crippen LogP contribution in [-0.2, 0) is 19.6 Å². The van der Waals surface area contributed by atoms with Gasteiger partial charge in [-0.25, -0.2) is 8.42 Å². The van der Waals surface area contributed by atoms with Gasteiger partial charge in [0.2, 0.25) is 0 Å². The van der Waals surface area contributed by atoms with Crippen LogP contribution >= 0.6 is 0 Å². The molecule has 0 unspecified atom stereocenters. The summed E-state index contributed by atoms with van der Waals surface area (Å²) < 4.78 is 33.8. The number of carbonyl (C=O) groups excluding carboxylic acids is 1. The lowest BCUT2D eigenvalue weighted by molar-refractivity contribution is -0.140. The fourth-order valence-electron chi connectivity index (χ4n) is 4.27. The molecule has 0 saturated heterocycles. The van der Waals surface area contributed by atoms with Gasteiger partial charge in [-0.1, -0.05) is 13.8 Å². The number of hydrogen-bond acceptors (Lipinski definition) is 5. The second-order valence-electron chi connectivity index (χ2n) is 6.48. The van der Waals surface area contributed by atoms with E-state index in [0.717, 1.165) is 6.92 Å². The SMILES string of the molecule is C1C2CC3CC1CC(C2)C3.CC.CC(=O)OCCS(=O)(=O)[O-]. The Morgan fingerprint density at radius 2 is 1.27 bits per heavy atom. The van der Waals surface area contributed by atoms with E-state index in [4.69, 9.17) is 0 Å². The molecule has 6 heteroatoms. The Morgan fingerprint density at radius 3 is 1.50 bits per heavy atom. The van der Waals surface area contributed by atoms with Gasteiger partial charge in [-0.3, -0.25) is 4.79 Å². The van der Waals surface area contributed by atoms with Crippen molar-refractivity contribution in [2.45, 2.75) is 59.3 Å². The van der Waals surface area contributed by atoms with Crippen LogP contribution in [0.1, 0.15) is 59.3 Å². The van der Waals surface area contributed by atoms with Gasteiger partial charge in [0.05, 0.1) is 15.9 Å². The Morgan fingerprint density at radius 1 is 0.955 bits per heavy atom. The van der Waals surface area contributed by atoms with Crippen molar-refractivity contribution in [1.29, 1.82) is 0 Å². The van der Waals surface area contributed by atoms with Gasteiger partial charge < -0.3 is 9.29 Å². The van der Waals surface area contributed by atoms with Gasteiger partial charge in [-0.2, -0.15) is 0 Å². The topological polar surface area (TPSA) is 83.5 Å². The molecule has 4 bridgehead atoms. The minimum absolute atomic E-state index is 0.360. The Kier molecular flexibility index (Phi) is 7.83. The molecule has 4 saturated carbocycles. The molecule has 0 spiro atoms. The molecule has 4 aliphatic rings. The van der Waals surface area contributed by atoms with Crippen molar-refractivity contribution in [1.82, 2.24) is 0 Å². The molecule has 0 amide bonds. The summed E-state index contributed by atoms with van der Waals surface area (Å²) in [7, 11) is -4.25. The van der Waals surface area contributed by atoms with Gasteiger partial charge >= 0.3 is 5.97 Å². The standard InChI is InChI=1S/C10H16.C4H8O5S.C2H6/c1-7-2-9-4-8(1)5-10(3-7)6-9;1-4(5)9-2-3-10(6,7)8;1-2/h7-10H,1-6H2;2-3H2,1H3,(H,6,7,8);1-2H3/p-1. The van der Waals surface area contributed by atoms with Crippen LogP contribution in [-0.4, -0.2) is 31.3 Å². The Balaban J connectivity index is 0.000000198. The van der Waals surface area contributed by atoms with E-state index in [1.165, 1.54) is 23.7 Å². The third kappa shape index (κ3) is 7.09. The minimum atomic E-state index is -4.25. The Hall–Kier alpha value is -0.620. The summed E-state index contributed by atoms with van der Waals surface area (Å²) in [6.45, 7) is 4.78. The van der Waals surface area contributed by atoms with E-state index in [9.17, 15) is 17.8 Å². The van der Waals surface area contributed by atoms with E-state index in [1.807, 2.05) is 13.8 Å². The zero-order valence-electron chi connectivity index (χ0n) is 13.9. The van der Waals surface area contributed by atoms with Crippen LogP contribution in [0.3, 0.4) is 0 Å². The van der Waals surface area contributed by atoms with Crippen LogP contribution < -0.4 is 0 Å². The van der Waals surface area contributed by atoms with Crippen molar-refractivity contribution in [2.24, 2.45) is 23.7 Å². The number of hydrogen-bond donors (Lipinski definition) is 0. The van der Waals surface area contributed by atoms with E-state index in [-0.39, 0.29) is 6.61 Å². The molecule has 0 N–H and O–H groups in total. The highest BCUT2D eigenvalue weighted by Crippen LogP contribution is 2.53. The number of rotatable bonds is 3. The molecular formula is C16H29O5S-. The van der Waals surface area contributed by atoms with Crippen LogP contribution in [0, 0.1) is 23.7 Å². The first kappa shape index (κ1) is 19.4. The van der Waals surface area contributed by atoms with Gasteiger partial charge in [0.15, 0.2) is 0 Å². The number of carbonyl (C=O) groups is 1. The molecule has 22 heavy (non-hydrogen) atoms. The number of ether oxygens (including phenoxy) is 1. The predicted octanol–water partition coefficient (Wildman–Crippen LogP) is 2.95. The van der Waals surface area contributed by atoms with Gasteiger partial charge in [-0.05, 0) is 62.2 Å². The van der Waals surface area contributed by atoms with Crippen LogP contribution in [0.25, 0.3) is 0 Å². The van der Waals surface area contributed by atoms with Crippen LogP contribution in [0.4, 0.5) is 0 Å². The summed E-state index contributed by atoms with van der Waals surface area (Å²) in [6.07, 6.45) is 9.62. The van der Waals surface area contributed by atoms with Gasteiger partial charge in [-0.15, -0.1) is 0 Å². The van der Waals surface area contributed by atoms with E-state index in [0.29, 0.717) is 0 Å². The predicted molar refractivity (Wildman–Crippen MR) is 84.2 cm³/mol. The highest BCUT2D eigenvalue weighted by Gasteiger charge is 2.41. The molecule has 4 fully saturated rings. The molecule has 4 rings (SSSR count). The summed E-state index contributed by atoms with van der Waals surface area (Å²) in [4.78, 5) is 10.0. The van der Waals surface area contributed by atoms with E-state index in [2.05, 4.69) is 4.74 Å². The molecule has 0 heterocycles. The first-order chi connectivity index (χ1) is 10.3. The van der Waals surface area contributed by atoms with Crippen molar-refractivity contribution >= 4 is 16.1 Å². The van der Waals surface area contributed by atoms with Crippen molar-refractivity contribution in [3.63, 3.8) is 0 Å². The molecule has 0 aliphatic heterocycles. The fourth-order valence-corrected chi connectivity index (χ4v) is 4.56. The quantitative estimate of drug-likeness (QED) is 0.585. The van der Waals surface area contributed by atoms with E-state index >= 15 is 0 Å². The highest BCUT2D eigenvalue weighted by atomic mass is 32.2. The van der Waals surface area contributed by atoms with Crippen LogP contribution in [0.5, 0.6) is 0 Å². The van der Waals surface area contributed by atoms with Crippen molar-refractivity contribution in [3.05, 3.63) is 0 Å². The zero-order valence-corrected chi connectivity index (χ0v) is 14.7. The molecule has 5 nitrogen and oxygen atoms in total. The monoisotopic (exact) mass is 333 g/mol. The number of esters is 1. The second kappa shape index (κ2) is 8.87. The maximum atomic E-state index is 10.0. The van der Waals surface area contributed by atoms with Gasteiger partial charge in [0, 0.05) is 6.92 Å². The van der Waals surface area contributed by atoms with E-state index in [1.54, 1.807) is 38.5 Å². The lowest BCUT2D eigenvalue weighted by atomic mass is 9.56. The van der Waals surface area contributed by atoms with Crippen LogP contribution in [0.2, 0.25) is 0 Å². The second-order valence-corrected chi connectivity index (χ2v) is 8.00. The average Bonchev–Trinajstić information content (AvgIpc) is 2.38. The molecular weight excluding hydrogens is 304 g/mol. The molecule has 0 aromatic heterocycles. The molecule has 0 aromatic rings. The van der Waals surface area contributed by atoms with Crippen LogP contribution in [0.15, 0.2) is 0 Å². The zero-order chi connectivity index (χ0) is 16.8. The lowest BCUT2D eigenvalue weighted by Gasteiger charge is -2.49. The summed E-state index contributed by atoms with van der Waals surface area (Å²) in [5, 5.41) is 0. The van der Waals surface area contributed by atoms with E-state index < -0.39 is 21.8 Å². The molecule has 0 aromatic carbocycles. The molecule has 0 atom stereocenters. The van der Waals surface area contributed by atoms with Crippen molar-refractivity contribution < 1.29 is 22.5 Å². The first-order valence-corrected chi connectivity index (χ1v) is 9.96. The maximum absolute atomic E-state index is 10.0. The normalized spacial score (nSPS) is 31.5. The Labute approximate surface area is 134 Å². The summed E-state index contributed by atoms with van der Waals surface area (Å²) in [6, 6.07) is 0. The van der Waals surface area contributed by atoms with Crippen molar-refractivity contribution in [2.75, 3.05) is 12.4 Å². The lowest BCUT2D eigenvalue weighted by Crippen LogP contribution is -2.38. The van der Waals surface area contributed by atoms with Crippen molar-refractivity contribution in [3.8, 4) is 0 Å². The smallest absolute Gasteiger partial charge is 0.302 e. The Bertz CT molecular complexity index is 387. The third-order valence-electron chi connectivity index (χ3n) is 4.64. The summed E-state index contributed by atoms with van der Waals surface area (Å²) >= 11 is 0. The average molecular weight is 333 g/mol. The first-order valence-electron chi connectivity index (χ1n) is 8.38. The third-order valence-corrected chi connectivity index (χ3v) is 5.31. The molecule has 4 aliphatic carbocycles. The van der Waals surface area contributed by atoms with Gasteiger partial charge in [0.1, 0.15) is 6.61 Å². The fraction of sp³-hybridized carbons (Fsp3) is 0.938. The summed E-state index contributed by atoms with van der Waals surface area (Å²) in [5.41, 5.74) is 0.